The predicted molar refractivity (Wildman–Crippen MR) is 105 cm³/mol. The van der Waals surface area contributed by atoms with E-state index >= 15 is 0 Å². The normalized spacial score (nSPS) is 11.3. The summed E-state index contributed by atoms with van der Waals surface area (Å²) in [5, 5.41) is 4.36. The number of rotatable bonds is 6. The van der Waals surface area contributed by atoms with Crippen molar-refractivity contribution in [3.05, 3.63) is 59.5 Å². The number of halogens is 3. The number of nitrogens with one attached hydrogen (secondary N) is 1. The maximum absolute atomic E-state index is 12.7. The van der Waals surface area contributed by atoms with Gasteiger partial charge in [-0.25, -0.2) is 4.98 Å². The fraction of sp³-hybridized carbons (Fsp3) is 0.158. The molecule has 0 aliphatic carbocycles. The molecule has 4 nitrogen and oxygen atoms in total. The van der Waals surface area contributed by atoms with Crippen molar-refractivity contribution in [1.82, 2.24) is 4.98 Å². The molecule has 1 aromatic heterocycles. The molecule has 9 heteroatoms. The standard InChI is InChI=1S/C19H15F3N2O2S2/c1-26-15-7-5-12(6-8-15)16-10-27-18(24-16)28-11-17(25)23-14-4-2-3-13(9-14)19(20,21)22/h2-10H,11H2,1H3,(H,23,25). The first kappa shape index (κ1) is 20.2. The Morgan fingerprint density at radius 1 is 1.21 bits per heavy atom. The Kier molecular flexibility index (Phi) is 6.25. The number of anilines is 1. The van der Waals surface area contributed by atoms with Crippen molar-refractivity contribution in [2.75, 3.05) is 18.2 Å². The largest absolute Gasteiger partial charge is 0.497 e. The van der Waals surface area contributed by atoms with E-state index in [2.05, 4.69) is 10.3 Å². The highest BCUT2D eigenvalue weighted by Gasteiger charge is 2.30. The molecule has 0 radical (unpaired) electrons. The number of thioether (sulfide) groups is 1. The molecule has 0 atom stereocenters. The van der Waals surface area contributed by atoms with E-state index in [0.29, 0.717) is 4.34 Å². The van der Waals surface area contributed by atoms with Crippen LogP contribution in [0.1, 0.15) is 5.56 Å². The summed E-state index contributed by atoms with van der Waals surface area (Å²) in [6.45, 7) is 0. The van der Waals surface area contributed by atoms with Crippen LogP contribution in [0.3, 0.4) is 0 Å². The number of aromatic nitrogens is 1. The number of carbonyl (C=O) groups is 1. The second-order valence-electron chi connectivity index (χ2n) is 5.64. The molecular weight excluding hydrogens is 409 g/mol. The molecule has 0 spiro atoms. The molecule has 1 N–H and O–H groups in total. The van der Waals surface area contributed by atoms with E-state index in [1.807, 2.05) is 29.6 Å². The number of carbonyl (C=O) groups excluding carboxylic acids is 1. The molecule has 0 saturated carbocycles. The summed E-state index contributed by atoms with van der Waals surface area (Å²) in [6, 6.07) is 12.0. The third-order valence-corrected chi connectivity index (χ3v) is 5.69. The van der Waals surface area contributed by atoms with Crippen molar-refractivity contribution in [3.8, 4) is 17.0 Å². The molecule has 0 unspecified atom stereocenters. The van der Waals surface area contributed by atoms with Crippen LogP contribution in [0.25, 0.3) is 11.3 Å². The topological polar surface area (TPSA) is 51.2 Å². The highest BCUT2D eigenvalue weighted by molar-refractivity contribution is 8.01. The summed E-state index contributed by atoms with van der Waals surface area (Å²) in [4.78, 5) is 16.5. The molecule has 3 aromatic rings. The Morgan fingerprint density at radius 3 is 2.64 bits per heavy atom. The predicted octanol–water partition coefficient (Wildman–Crippen LogP) is 5.57. The van der Waals surface area contributed by atoms with Gasteiger partial charge in [0.05, 0.1) is 24.1 Å². The van der Waals surface area contributed by atoms with Crippen molar-refractivity contribution in [1.29, 1.82) is 0 Å². The van der Waals surface area contributed by atoms with Crippen LogP contribution in [0.5, 0.6) is 5.75 Å². The Morgan fingerprint density at radius 2 is 1.96 bits per heavy atom. The zero-order valence-corrected chi connectivity index (χ0v) is 16.3. The van der Waals surface area contributed by atoms with Crippen molar-refractivity contribution < 1.29 is 22.7 Å². The van der Waals surface area contributed by atoms with Gasteiger partial charge in [-0.15, -0.1) is 11.3 Å². The van der Waals surface area contributed by atoms with Gasteiger partial charge in [0.25, 0.3) is 0 Å². The fourth-order valence-corrected chi connectivity index (χ4v) is 3.95. The van der Waals surface area contributed by atoms with Crippen molar-refractivity contribution in [3.63, 3.8) is 0 Å². The minimum atomic E-state index is -4.45. The lowest BCUT2D eigenvalue weighted by Gasteiger charge is -2.09. The Hall–Kier alpha value is -2.52. The maximum atomic E-state index is 12.7. The average molecular weight is 424 g/mol. The van der Waals surface area contributed by atoms with Crippen LogP contribution in [-0.2, 0) is 11.0 Å². The zero-order valence-electron chi connectivity index (χ0n) is 14.6. The summed E-state index contributed by atoms with van der Waals surface area (Å²) < 4.78 is 44.0. The Balaban J connectivity index is 1.57. The fourth-order valence-electron chi connectivity index (χ4n) is 2.32. The van der Waals surface area contributed by atoms with E-state index in [1.165, 1.54) is 35.2 Å². The van der Waals surface area contributed by atoms with Gasteiger partial charge in [0.1, 0.15) is 5.75 Å². The number of nitrogens with zero attached hydrogens (tertiary/aromatic N) is 1. The van der Waals surface area contributed by atoms with E-state index in [1.54, 1.807) is 7.11 Å². The first-order chi connectivity index (χ1) is 13.3. The number of amides is 1. The minimum Gasteiger partial charge on any atom is -0.497 e. The number of ether oxygens (including phenoxy) is 1. The van der Waals surface area contributed by atoms with Crippen LogP contribution in [0.15, 0.2) is 58.3 Å². The third-order valence-electron chi connectivity index (χ3n) is 3.67. The second kappa shape index (κ2) is 8.66. The van der Waals surface area contributed by atoms with Gasteiger partial charge in [-0.1, -0.05) is 17.8 Å². The molecule has 2 aromatic carbocycles. The van der Waals surface area contributed by atoms with Gasteiger partial charge >= 0.3 is 6.18 Å². The number of alkyl halides is 3. The van der Waals surface area contributed by atoms with E-state index < -0.39 is 17.6 Å². The number of thiazole rings is 1. The maximum Gasteiger partial charge on any atom is 0.416 e. The van der Waals surface area contributed by atoms with Crippen molar-refractivity contribution in [2.24, 2.45) is 0 Å². The van der Waals surface area contributed by atoms with Gasteiger partial charge in [0.2, 0.25) is 5.91 Å². The first-order valence-corrected chi connectivity index (χ1v) is 9.91. The molecule has 0 aliphatic heterocycles. The summed E-state index contributed by atoms with van der Waals surface area (Å²) in [5.74, 6) is 0.400. The smallest absolute Gasteiger partial charge is 0.416 e. The van der Waals surface area contributed by atoms with Crippen molar-refractivity contribution in [2.45, 2.75) is 10.5 Å². The van der Waals surface area contributed by atoms with Crippen LogP contribution in [0.2, 0.25) is 0 Å². The van der Waals surface area contributed by atoms with E-state index in [0.717, 1.165) is 29.1 Å². The van der Waals surface area contributed by atoms with Gasteiger partial charge in [0, 0.05) is 16.6 Å². The number of hydrogen-bond donors (Lipinski definition) is 1. The molecule has 0 bridgehead atoms. The molecule has 146 valence electrons. The number of methoxy groups -OCH3 is 1. The zero-order chi connectivity index (χ0) is 20.1. The third kappa shape index (κ3) is 5.26. The van der Waals surface area contributed by atoms with Gasteiger partial charge in [-0.05, 0) is 42.5 Å². The SMILES string of the molecule is COc1ccc(-c2csc(SCC(=O)Nc3cccc(C(F)(F)F)c3)n2)cc1. The summed E-state index contributed by atoms with van der Waals surface area (Å²) >= 11 is 2.63. The van der Waals surface area contributed by atoms with Crippen LogP contribution in [0, 0.1) is 0 Å². The summed E-state index contributed by atoms with van der Waals surface area (Å²) in [6.07, 6.45) is -4.45. The molecule has 0 fully saturated rings. The lowest BCUT2D eigenvalue weighted by Crippen LogP contribution is -2.15. The molecule has 28 heavy (non-hydrogen) atoms. The highest BCUT2D eigenvalue weighted by Crippen LogP contribution is 2.31. The molecular formula is C19H15F3N2O2S2. The lowest BCUT2D eigenvalue weighted by atomic mass is 10.2. The number of hydrogen-bond acceptors (Lipinski definition) is 5. The quantitative estimate of drug-likeness (QED) is 0.526. The molecule has 3 rings (SSSR count). The van der Waals surface area contributed by atoms with Gasteiger partial charge in [0.15, 0.2) is 4.34 Å². The van der Waals surface area contributed by atoms with Crippen LogP contribution in [-0.4, -0.2) is 23.8 Å². The molecule has 0 saturated heterocycles. The Labute approximate surface area is 167 Å². The molecule has 1 amide bonds. The summed E-state index contributed by atoms with van der Waals surface area (Å²) in [5.41, 5.74) is 1.02. The van der Waals surface area contributed by atoms with Crippen molar-refractivity contribution >= 4 is 34.7 Å². The van der Waals surface area contributed by atoms with Gasteiger partial charge in [-0.3, -0.25) is 4.79 Å². The molecule has 1 heterocycles. The van der Waals surface area contributed by atoms with Gasteiger partial charge in [-0.2, -0.15) is 13.2 Å². The Bertz CT molecular complexity index is 956. The average Bonchev–Trinajstić information content (AvgIpc) is 3.15. The van der Waals surface area contributed by atoms with Crippen LogP contribution < -0.4 is 10.1 Å². The van der Waals surface area contributed by atoms with E-state index in [4.69, 9.17) is 4.74 Å². The first-order valence-electron chi connectivity index (χ1n) is 8.05. The van der Waals surface area contributed by atoms with Crippen LogP contribution >= 0.6 is 23.1 Å². The van der Waals surface area contributed by atoms with Gasteiger partial charge < -0.3 is 10.1 Å². The van der Waals surface area contributed by atoms with Crippen LogP contribution in [0.4, 0.5) is 18.9 Å². The second-order valence-corrected chi connectivity index (χ2v) is 7.72. The monoisotopic (exact) mass is 424 g/mol. The molecule has 0 aliphatic rings. The van der Waals surface area contributed by atoms with E-state index in [-0.39, 0.29) is 11.4 Å². The minimum absolute atomic E-state index is 0.0474. The highest BCUT2D eigenvalue weighted by atomic mass is 32.2. The number of benzene rings is 2. The van der Waals surface area contributed by atoms with E-state index in [9.17, 15) is 18.0 Å². The summed E-state index contributed by atoms with van der Waals surface area (Å²) in [7, 11) is 1.59. The lowest BCUT2D eigenvalue weighted by molar-refractivity contribution is -0.137.